The fourth-order valence-corrected chi connectivity index (χ4v) is 17.0. The molecule has 0 spiro atoms. The summed E-state index contributed by atoms with van der Waals surface area (Å²) < 4.78 is 52.3. The van der Waals surface area contributed by atoms with Crippen LogP contribution in [0, 0.1) is 0 Å². The Balaban J connectivity index is 0.842. The maximum atomic E-state index is 13.7. The van der Waals surface area contributed by atoms with Crippen molar-refractivity contribution in [1.29, 1.82) is 0 Å². The minimum absolute atomic E-state index is 0.0769. The number of hydrogen-bond donors (Lipinski definition) is 5. The van der Waals surface area contributed by atoms with Crippen LogP contribution in [0.4, 0.5) is 11.4 Å². The fourth-order valence-electron chi connectivity index (χ4n) is 16.1. The lowest BCUT2D eigenvalue weighted by Crippen LogP contribution is -2.46. The summed E-state index contributed by atoms with van der Waals surface area (Å²) in [6.45, 7) is 21.3. The molecule has 3 aromatic carbocycles. The average molecular weight is 1790 g/mol. The van der Waals surface area contributed by atoms with Gasteiger partial charge in [0.05, 0.1) is 70.9 Å². The number of Topliss-reactive ketones (excluding diaryl/α,β-unsaturated/α-hetero) is 4. The van der Waals surface area contributed by atoms with Gasteiger partial charge in [0.1, 0.15) is 45.6 Å². The van der Waals surface area contributed by atoms with Crippen molar-refractivity contribution < 1.29 is 95.5 Å². The number of allylic oxidation sites excluding steroid dienone is 8. The molecule has 25 nitrogen and oxygen atoms in total. The van der Waals surface area contributed by atoms with Crippen LogP contribution in [0.15, 0.2) is 114 Å². The van der Waals surface area contributed by atoms with Crippen LogP contribution in [0.1, 0.15) is 275 Å². The third-order valence-electron chi connectivity index (χ3n) is 23.0. The Hall–Kier alpha value is -7.89. The number of carbonyl (C=O) groups excluding carboxylic acids is 9. The monoisotopic (exact) mass is 1790 g/mol. The lowest BCUT2D eigenvalue weighted by molar-refractivity contribution is -0.437. The molecule has 0 aromatic heterocycles. The minimum atomic E-state index is -1.17. The molecule has 6 N–H and O–H groups in total. The second kappa shape index (κ2) is 64.0. The van der Waals surface area contributed by atoms with Crippen LogP contribution in [0.25, 0.3) is 5.57 Å². The molecule has 6 rings (SSSR count). The zero-order valence-corrected chi connectivity index (χ0v) is 78.6. The quantitative estimate of drug-likeness (QED) is 0.0199. The number of primary amides is 1. The van der Waals surface area contributed by atoms with Crippen molar-refractivity contribution in [3.05, 3.63) is 136 Å². The number of nitrogens with one attached hydrogen (secondary N) is 3. The van der Waals surface area contributed by atoms with Crippen molar-refractivity contribution in [2.75, 3.05) is 155 Å². The Bertz CT molecular complexity index is 3960. The van der Waals surface area contributed by atoms with Crippen LogP contribution in [0.2, 0.25) is 0 Å². The predicted octanol–water partition coefficient (Wildman–Crippen LogP) is 15.7. The number of fused-ring (bicyclic) bond motifs is 2. The number of para-hydroxylation sites is 2. The molecule has 1 aliphatic carbocycles. The molecule has 0 radical (unpaired) electrons. The molecule has 3 aliphatic rings. The molecule has 3 aromatic rings. The van der Waals surface area contributed by atoms with E-state index in [9.17, 15) is 48.3 Å². The van der Waals surface area contributed by atoms with E-state index in [2.05, 4.69) is 159 Å². The number of nitrogens with two attached hydrogens (primary N) is 1. The zero-order chi connectivity index (χ0) is 91.5. The van der Waals surface area contributed by atoms with Crippen LogP contribution in [-0.2, 0) is 91.8 Å². The number of esters is 1. The van der Waals surface area contributed by atoms with Crippen molar-refractivity contribution in [1.82, 2.24) is 16.0 Å². The number of ether oxygens (including phenoxy) is 9. The Morgan fingerprint density at radius 1 is 0.504 bits per heavy atom. The number of nitrogens with zero attached hydrogens (tertiary/aromatic N) is 2. The Morgan fingerprint density at radius 2 is 1.04 bits per heavy atom. The summed E-state index contributed by atoms with van der Waals surface area (Å²) in [6, 6.07) is 23.5. The maximum absolute atomic E-state index is 13.7. The summed E-state index contributed by atoms with van der Waals surface area (Å²) in [6.07, 6.45) is 34.6. The molecule has 0 unspecified atom stereocenters. The molecule has 4 amide bonds. The van der Waals surface area contributed by atoms with E-state index >= 15 is 0 Å². The number of benzene rings is 3. The van der Waals surface area contributed by atoms with Gasteiger partial charge in [0.25, 0.3) is 5.91 Å². The van der Waals surface area contributed by atoms with Crippen LogP contribution in [0.3, 0.4) is 0 Å². The van der Waals surface area contributed by atoms with Gasteiger partial charge in [0, 0.05) is 136 Å². The molecule has 0 saturated heterocycles. The summed E-state index contributed by atoms with van der Waals surface area (Å²) in [7, 11) is 0. The molecule has 706 valence electrons. The first kappa shape index (κ1) is 108. The number of unbranched alkanes of at least 4 members (excludes halogenated alkanes) is 15. The van der Waals surface area contributed by atoms with Gasteiger partial charge in [0.15, 0.2) is 28.8 Å². The average Bonchev–Trinajstić information content (AvgIpc) is 1.60. The summed E-state index contributed by atoms with van der Waals surface area (Å²) >= 11 is 1.29. The van der Waals surface area contributed by atoms with Gasteiger partial charge in [-0.15, -0.1) is 0 Å². The Kier molecular flexibility index (Phi) is 54.3. The molecule has 2 aliphatic heterocycles. The number of aliphatic hydroxyl groups excluding tert-OH is 1. The molecule has 2 atom stereocenters. The van der Waals surface area contributed by atoms with Crippen molar-refractivity contribution in [3.63, 3.8) is 0 Å². The first-order chi connectivity index (χ1) is 61.6. The maximum Gasteiger partial charge on any atom is 0.305 e. The van der Waals surface area contributed by atoms with Gasteiger partial charge in [-0.1, -0.05) is 172 Å². The van der Waals surface area contributed by atoms with Gasteiger partial charge >= 0.3 is 5.97 Å². The molecule has 0 saturated carbocycles. The van der Waals surface area contributed by atoms with E-state index in [1.165, 1.54) is 120 Å². The number of aliphatic hydroxyl groups is 1. The molecule has 2 heterocycles. The van der Waals surface area contributed by atoms with Crippen molar-refractivity contribution in [2.45, 2.75) is 270 Å². The summed E-state index contributed by atoms with van der Waals surface area (Å²) in [4.78, 5) is 117. The predicted molar refractivity (Wildman–Crippen MR) is 502 cm³/mol. The van der Waals surface area contributed by atoms with Gasteiger partial charge < -0.3 is 74.3 Å². The number of amides is 4. The molecule has 0 fully saturated rings. The van der Waals surface area contributed by atoms with E-state index in [1.54, 1.807) is 0 Å². The number of rotatable bonds is 75. The first-order valence-corrected chi connectivity index (χ1v) is 48.5. The molecule has 127 heavy (non-hydrogen) atoms. The number of anilines is 1. The molecular formula is C101H153N6O19S+. The lowest BCUT2D eigenvalue weighted by Gasteiger charge is -2.27. The third kappa shape index (κ3) is 41.4. The highest BCUT2D eigenvalue weighted by atomic mass is 32.2. The van der Waals surface area contributed by atoms with E-state index in [0.29, 0.717) is 155 Å². The standard InChI is InChI=1S/C101H152N6O19S/c1-8-11-12-13-14-15-16-17-18-19-20-21-22-44-97(116)126-70-71-127-77-87(91(112)51-54-95(114)104-86(72-108)90(111)43-29-32-60-120-64-68-122-66-62-118-58-30-27-37-82(109)73-124-75-94(102)113)105-96(115)76-125-74-83(110)38-28-31-59-119-63-67-123-69-65-121-61-34-55-103-99(117)81-47-45-80(46-48-81)98-78(49-52-92-100(4,5)84-39-23-25-41-88(84)106(92)56-9-2)35-33-36-79(98)50-53-93-101(6,7)85-40-24-26-42-89(85)107(93)57-10-3/h23-26,39-42,45-50,52-53,86-87,108H,8-22,27-38,43-44,51,54-77H2,1-7H3,(H4-,102,103,104,105,113,114,115,117)/p+1/t86-,87+/m1/s1. The number of ketones is 4. The van der Waals surface area contributed by atoms with Gasteiger partial charge in [-0.3, -0.25) is 43.2 Å². The van der Waals surface area contributed by atoms with E-state index in [1.807, 2.05) is 12.1 Å². The normalized spacial score (nSPS) is 15.1. The van der Waals surface area contributed by atoms with Gasteiger partial charge in [-0.25, -0.2) is 0 Å². The first-order valence-electron chi connectivity index (χ1n) is 47.4. The largest absolute Gasteiger partial charge is 0.465 e. The van der Waals surface area contributed by atoms with Gasteiger partial charge in [0.2, 0.25) is 23.4 Å². The Morgan fingerprint density at radius 3 is 1.63 bits per heavy atom. The molecular weight excluding hydrogens is 1630 g/mol. The summed E-state index contributed by atoms with van der Waals surface area (Å²) in [5.74, 6) is -3.00. The SMILES string of the molecule is CCCCCCCCCCCCCCCC(=O)OCCSC[C@H](NC(=O)COCC(=O)CCCCOCCOCCOCCCNC(=O)c1ccc(C2=C(/C=C/C3=[N+](CCC)c4ccccc4C3(C)C)CCC/C2=C\C=C2\N(CCC)c3ccccc3C2(C)C)cc1)C(=O)CCC(=O)N[C@H](CO)C(=O)CCCCOCCOCCOCCCCC(=O)COCC(N)=O. The van der Waals surface area contributed by atoms with E-state index < -0.39 is 48.8 Å². The van der Waals surface area contributed by atoms with Crippen LogP contribution in [-0.4, -0.2) is 230 Å². The van der Waals surface area contributed by atoms with Gasteiger partial charge in [-0.2, -0.15) is 16.3 Å². The van der Waals surface area contributed by atoms with E-state index in [0.717, 1.165) is 76.4 Å². The highest BCUT2D eigenvalue weighted by molar-refractivity contribution is 7.99. The van der Waals surface area contributed by atoms with Crippen molar-refractivity contribution in [3.8, 4) is 0 Å². The highest BCUT2D eigenvalue weighted by Gasteiger charge is 2.44. The third-order valence-corrected chi connectivity index (χ3v) is 24.1. The second-order valence-corrected chi connectivity index (χ2v) is 35.4. The van der Waals surface area contributed by atoms with E-state index in [4.69, 9.17) is 48.4 Å². The number of hydrogen-bond acceptors (Lipinski definition) is 21. The minimum Gasteiger partial charge on any atom is -0.465 e. The van der Waals surface area contributed by atoms with Crippen LogP contribution in [0.5, 0.6) is 0 Å². The zero-order valence-electron chi connectivity index (χ0n) is 77.8. The smallest absolute Gasteiger partial charge is 0.305 e. The highest BCUT2D eigenvalue weighted by Crippen LogP contribution is 2.49. The second-order valence-electron chi connectivity index (χ2n) is 34.2. The van der Waals surface area contributed by atoms with E-state index in [-0.39, 0.29) is 97.9 Å². The number of thioether (sulfide) groups is 1. The molecule has 0 bridgehead atoms. The molecule has 26 heteroatoms. The summed E-state index contributed by atoms with van der Waals surface area (Å²) in [5, 5.41) is 18.3. The van der Waals surface area contributed by atoms with Crippen LogP contribution < -0.4 is 26.6 Å². The lowest BCUT2D eigenvalue weighted by atomic mass is 9.79. The van der Waals surface area contributed by atoms with Crippen molar-refractivity contribution in [2.24, 2.45) is 5.73 Å². The summed E-state index contributed by atoms with van der Waals surface area (Å²) in [5.41, 5.74) is 18.1. The fraction of sp³-hybridized carbons (Fsp3) is 0.644. The van der Waals surface area contributed by atoms with Gasteiger partial charge in [-0.05, 0) is 143 Å². The van der Waals surface area contributed by atoms with Crippen LogP contribution >= 0.6 is 11.8 Å². The topological polar surface area (TPSA) is 325 Å². The number of carbonyl (C=O) groups is 9. The Labute approximate surface area is 761 Å². The van der Waals surface area contributed by atoms with Crippen molar-refractivity contribution >= 4 is 87.2 Å².